The lowest BCUT2D eigenvalue weighted by Gasteiger charge is -2.10. The second-order valence-electron chi connectivity index (χ2n) is 4.70. The molecule has 126 valence electrons. The van der Waals surface area contributed by atoms with Crippen LogP contribution in [-0.2, 0) is 4.79 Å². The lowest BCUT2D eigenvalue weighted by Crippen LogP contribution is -2.43. The molecule has 0 saturated carbocycles. The number of benzene rings is 1. The number of nitrogens with zero attached hydrogens (tertiary/aromatic N) is 1. The van der Waals surface area contributed by atoms with Crippen LogP contribution in [0.4, 0.5) is 0 Å². The van der Waals surface area contributed by atoms with E-state index < -0.39 is 11.8 Å². The van der Waals surface area contributed by atoms with E-state index in [-0.39, 0.29) is 22.3 Å². The quantitative estimate of drug-likeness (QED) is 0.623. The van der Waals surface area contributed by atoms with E-state index in [0.29, 0.717) is 10.8 Å². The van der Waals surface area contributed by atoms with Crippen LogP contribution in [0.2, 0.25) is 15.2 Å². The lowest BCUT2D eigenvalue weighted by molar-refractivity contribution is -0.123. The van der Waals surface area contributed by atoms with Crippen LogP contribution in [0.1, 0.15) is 15.9 Å². The van der Waals surface area contributed by atoms with E-state index >= 15 is 0 Å². The van der Waals surface area contributed by atoms with Crippen LogP contribution in [-0.4, -0.2) is 23.4 Å². The third kappa shape index (κ3) is 4.99. The molecule has 0 aliphatic rings. The summed E-state index contributed by atoms with van der Waals surface area (Å²) in [5.74, 6) is -0.600. The van der Waals surface area contributed by atoms with Crippen molar-refractivity contribution in [2.45, 2.75) is 6.92 Å². The van der Waals surface area contributed by atoms with Gasteiger partial charge in [-0.25, -0.2) is 4.98 Å². The van der Waals surface area contributed by atoms with Gasteiger partial charge in [0, 0.05) is 11.2 Å². The predicted molar refractivity (Wildman–Crippen MR) is 91.5 cm³/mol. The molecule has 2 N–H and O–H groups in total. The number of amides is 2. The Labute approximate surface area is 153 Å². The second kappa shape index (κ2) is 8.19. The maximum Gasteiger partial charge on any atom is 0.276 e. The van der Waals surface area contributed by atoms with Crippen molar-refractivity contribution in [3.8, 4) is 5.75 Å². The fourth-order valence-electron chi connectivity index (χ4n) is 1.70. The lowest BCUT2D eigenvalue weighted by atomic mass is 10.2. The molecular weight excluding hydrogens is 377 g/mol. The van der Waals surface area contributed by atoms with Gasteiger partial charge < -0.3 is 4.74 Å². The van der Waals surface area contributed by atoms with Gasteiger partial charge in [-0.3, -0.25) is 20.4 Å². The third-order valence-corrected chi connectivity index (χ3v) is 3.79. The van der Waals surface area contributed by atoms with Crippen molar-refractivity contribution in [3.63, 3.8) is 0 Å². The molecule has 0 spiro atoms. The van der Waals surface area contributed by atoms with Gasteiger partial charge in [-0.1, -0.05) is 34.8 Å². The molecule has 2 aromatic rings. The first kappa shape index (κ1) is 18.3. The molecule has 1 aromatic carbocycles. The maximum absolute atomic E-state index is 11.9. The zero-order valence-electron chi connectivity index (χ0n) is 12.4. The van der Waals surface area contributed by atoms with Crippen molar-refractivity contribution in [1.29, 1.82) is 0 Å². The number of aryl methyl sites for hydroxylation is 1. The SMILES string of the molecule is Cc1cc(Cl)ccc1OCC(=O)NNC(=O)c1cnc(Cl)c(Cl)c1. The Hall–Kier alpha value is -2.02. The molecule has 0 unspecified atom stereocenters. The standard InChI is InChI=1S/C15H12Cl3N3O3/c1-8-4-10(16)2-3-12(8)24-7-13(22)20-21-15(23)9-5-11(17)14(18)19-6-9/h2-6H,7H2,1H3,(H,20,22)(H,21,23). The van der Waals surface area contributed by atoms with Crippen LogP contribution >= 0.6 is 34.8 Å². The van der Waals surface area contributed by atoms with Crippen molar-refractivity contribution >= 4 is 46.6 Å². The van der Waals surface area contributed by atoms with Crippen molar-refractivity contribution in [2.24, 2.45) is 0 Å². The normalized spacial score (nSPS) is 10.2. The van der Waals surface area contributed by atoms with E-state index in [1.807, 2.05) is 0 Å². The van der Waals surface area contributed by atoms with Crippen LogP contribution in [0, 0.1) is 6.92 Å². The highest BCUT2D eigenvalue weighted by Gasteiger charge is 2.11. The number of halogens is 3. The van der Waals surface area contributed by atoms with Crippen LogP contribution in [0.3, 0.4) is 0 Å². The summed E-state index contributed by atoms with van der Waals surface area (Å²) < 4.78 is 5.35. The molecule has 2 rings (SSSR count). The Bertz CT molecular complexity index is 784. The Kier molecular flexibility index (Phi) is 6.25. The van der Waals surface area contributed by atoms with Gasteiger partial charge in [0.1, 0.15) is 10.9 Å². The molecule has 2 amide bonds. The monoisotopic (exact) mass is 387 g/mol. The molecule has 0 atom stereocenters. The zero-order chi connectivity index (χ0) is 17.7. The molecule has 1 heterocycles. The molecule has 1 aromatic heterocycles. The van der Waals surface area contributed by atoms with Gasteiger partial charge in [0.15, 0.2) is 6.61 Å². The molecule has 0 bridgehead atoms. The highest BCUT2D eigenvalue weighted by atomic mass is 35.5. The predicted octanol–water partition coefficient (Wildman–Crippen LogP) is 3.19. The van der Waals surface area contributed by atoms with Gasteiger partial charge in [0.05, 0.1) is 10.6 Å². The van der Waals surface area contributed by atoms with Crippen molar-refractivity contribution in [3.05, 3.63) is 56.8 Å². The molecule has 0 saturated heterocycles. The van der Waals surface area contributed by atoms with Gasteiger partial charge in [-0.05, 0) is 36.8 Å². The minimum absolute atomic E-state index is 0.0870. The second-order valence-corrected chi connectivity index (χ2v) is 5.90. The topological polar surface area (TPSA) is 80.3 Å². The number of aromatic nitrogens is 1. The van der Waals surface area contributed by atoms with Gasteiger partial charge >= 0.3 is 0 Å². The minimum atomic E-state index is -0.586. The van der Waals surface area contributed by atoms with Crippen molar-refractivity contribution < 1.29 is 14.3 Å². The molecule has 24 heavy (non-hydrogen) atoms. The summed E-state index contributed by atoms with van der Waals surface area (Å²) in [6.45, 7) is 1.53. The van der Waals surface area contributed by atoms with Crippen molar-refractivity contribution in [1.82, 2.24) is 15.8 Å². The van der Waals surface area contributed by atoms with Gasteiger partial charge in [0.2, 0.25) is 0 Å². The average Bonchev–Trinajstić information content (AvgIpc) is 2.54. The fraction of sp³-hybridized carbons (Fsp3) is 0.133. The fourth-order valence-corrected chi connectivity index (χ4v) is 2.19. The number of hydrazine groups is 1. The first-order chi connectivity index (χ1) is 11.4. The Morgan fingerprint density at radius 1 is 1.17 bits per heavy atom. The summed E-state index contributed by atoms with van der Waals surface area (Å²) >= 11 is 17.3. The summed E-state index contributed by atoms with van der Waals surface area (Å²) in [5, 5.41) is 0.799. The van der Waals surface area contributed by atoms with E-state index in [1.165, 1.54) is 12.3 Å². The molecule has 9 heteroatoms. The number of pyridine rings is 1. The Morgan fingerprint density at radius 3 is 2.58 bits per heavy atom. The minimum Gasteiger partial charge on any atom is -0.483 e. The van der Waals surface area contributed by atoms with Gasteiger partial charge in [-0.2, -0.15) is 0 Å². The van der Waals surface area contributed by atoms with E-state index in [0.717, 1.165) is 5.56 Å². The van der Waals surface area contributed by atoms with Crippen LogP contribution in [0.5, 0.6) is 5.75 Å². The number of rotatable bonds is 4. The number of hydrogen-bond acceptors (Lipinski definition) is 4. The molecule has 0 radical (unpaired) electrons. The molecule has 0 aliphatic carbocycles. The first-order valence-electron chi connectivity index (χ1n) is 6.66. The van der Waals surface area contributed by atoms with Gasteiger partial charge in [-0.15, -0.1) is 0 Å². The van der Waals surface area contributed by atoms with E-state index in [4.69, 9.17) is 39.5 Å². The van der Waals surface area contributed by atoms with E-state index in [2.05, 4.69) is 15.8 Å². The average molecular weight is 389 g/mol. The summed E-state index contributed by atoms with van der Waals surface area (Å²) in [7, 11) is 0. The molecule has 0 fully saturated rings. The summed E-state index contributed by atoms with van der Waals surface area (Å²) in [6, 6.07) is 6.37. The van der Waals surface area contributed by atoms with Gasteiger partial charge in [0.25, 0.3) is 11.8 Å². The molecule has 6 nitrogen and oxygen atoms in total. The number of hydrogen-bond donors (Lipinski definition) is 2. The van der Waals surface area contributed by atoms with E-state index in [9.17, 15) is 9.59 Å². The number of carbonyl (C=O) groups excluding carboxylic acids is 2. The number of nitrogens with one attached hydrogen (secondary N) is 2. The Morgan fingerprint density at radius 2 is 1.92 bits per heavy atom. The van der Waals surface area contributed by atoms with Crippen LogP contribution < -0.4 is 15.6 Å². The summed E-state index contributed by atoms with van der Waals surface area (Å²) in [6.07, 6.45) is 1.24. The van der Waals surface area contributed by atoms with Crippen LogP contribution in [0.15, 0.2) is 30.5 Å². The maximum atomic E-state index is 11.9. The number of carbonyl (C=O) groups is 2. The number of ether oxygens (including phenoxy) is 1. The summed E-state index contributed by atoms with van der Waals surface area (Å²) in [4.78, 5) is 27.3. The van der Waals surface area contributed by atoms with Crippen molar-refractivity contribution in [2.75, 3.05) is 6.61 Å². The first-order valence-corrected chi connectivity index (χ1v) is 7.79. The largest absolute Gasteiger partial charge is 0.483 e. The highest BCUT2D eigenvalue weighted by molar-refractivity contribution is 6.41. The molecule has 0 aliphatic heterocycles. The summed E-state index contributed by atoms with van der Waals surface area (Å²) in [5.41, 5.74) is 5.39. The third-order valence-electron chi connectivity index (χ3n) is 2.87. The Balaban J connectivity index is 1.84. The molecular formula is C15H12Cl3N3O3. The smallest absolute Gasteiger partial charge is 0.276 e. The van der Waals surface area contributed by atoms with E-state index in [1.54, 1.807) is 25.1 Å². The van der Waals surface area contributed by atoms with Crippen LogP contribution in [0.25, 0.3) is 0 Å². The zero-order valence-corrected chi connectivity index (χ0v) is 14.7. The highest BCUT2D eigenvalue weighted by Crippen LogP contribution is 2.21.